The number of nitrogens with zero attached hydrogens (tertiary/aromatic N) is 1. The van der Waals surface area contributed by atoms with Gasteiger partial charge in [-0.3, -0.25) is 4.98 Å². The Morgan fingerprint density at radius 3 is 2.33 bits per heavy atom. The Hall–Kier alpha value is -1.67. The Labute approximate surface area is 108 Å². The second kappa shape index (κ2) is 5.78. The largest absolute Gasteiger partial charge is 0.392 e. The van der Waals surface area contributed by atoms with Crippen LogP contribution in [0.1, 0.15) is 30.8 Å². The van der Waals surface area contributed by atoms with Crippen molar-refractivity contribution >= 4 is 0 Å². The number of aryl methyl sites for hydroxylation is 2. The van der Waals surface area contributed by atoms with Crippen molar-refractivity contribution in [2.75, 3.05) is 0 Å². The molecule has 2 heteroatoms. The second-order valence-electron chi connectivity index (χ2n) is 4.32. The van der Waals surface area contributed by atoms with Gasteiger partial charge >= 0.3 is 0 Å². The van der Waals surface area contributed by atoms with Crippen LogP contribution in [-0.4, -0.2) is 10.1 Å². The molecule has 0 saturated carbocycles. The summed E-state index contributed by atoms with van der Waals surface area (Å²) in [5.41, 5.74) is 5.31. The van der Waals surface area contributed by atoms with Crippen LogP contribution < -0.4 is 0 Å². The molecule has 0 radical (unpaired) electrons. The lowest BCUT2D eigenvalue weighted by molar-refractivity contribution is 0.280. The number of hydrogen-bond acceptors (Lipinski definition) is 2. The number of pyridine rings is 1. The molecule has 1 aromatic carbocycles. The normalized spacial score (nSPS) is 10.6. The molecule has 0 spiro atoms. The van der Waals surface area contributed by atoms with Crippen LogP contribution in [0, 0.1) is 0 Å². The van der Waals surface area contributed by atoms with E-state index < -0.39 is 0 Å². The minimum absolute atomic E-state index is 0.0460. The van der Waals surface area contributed by atoms with Crippen molar-refractivity contribution in [3.05, 3.63) is 53.3 Å². The zero-order valence-corrected chi connectivity index (χ0v) is 11.0. The van der Waals surface area contributed by atoms with Gasteiger partial charge in [-0.15, -0.1) is 0 Å². The topological polar surface area (TPSA) is 33.1 Å². The molecule has 2 rings (SSSR count). The molecule has 0 saturated heterocycles. The zero-order chi connectivity index (χ0) is 13.0. The van der Waals surface area contributed by atoms with Crippen LogP contribution in [0.15, 0.2) is 36.4 Å². The summed E-state index contributed by atoms with van der Waals surface area (Å²) in [7, 11) is 0. The van der Waals surface area contributed by atoms with E-state index in [1.165, 1.54) is 0 Å². The van der Waals surface area contributed by atoms with Gasteiger partial charge in [0, 0.05) is 17.0 Å². The van der Waals surface area contributed by atoms with E-state index in [1.54, 1.807) is 0 Å². The van der Waals surface area contributed by atoms with Gasteiger partial charge in [-0.25, -0.2) is 0 Å². The lowest BCUT2D eigenvalue weighted by atomic mass is 9.97. The number of aromatic nitrogens is 1. The van der Waals surface area contributed by atoms with Gasteiger partial charge in [-0.1, -0.05) is 44.2 Å². The van der Waals surface area contributed by atoms with E-state index in [9.17, 15) is 5.11 Å². The highest BCUT2D eigenvalue weighted by atomic mass is 16.3. The Bertz CT molecular complexity index is 520. The van der Waals surface area contributed by atoms with Crippen molar-refractivity contribution in [2.24, 2.45) is 0 Å². The fourth-order valence-corrected chi connectivity index (χ4v) is 2.21. The van der Waals surface area contributed by atoms with Gasteiger partial charge in [-0.05, 0) is 30.0 Å². The van der Waals surface area contributed by atoms with E-state index >= 15 is 0 Å². The predicted molar refractivity (Wildman–Crippen MR) is 74.4 cm³/mol. The molecular formula is C16H19NO. The monoisotopic (exact) mass is 241 g/mol. The molecule has 1 N–H and O–H groups in total. The van der Waals surface area contributed by atoms with Crippen molar-refractivity contribution < 1.29 is 5.11 Å². The first-order valence-corrected chi connectivity index (χ1v) is 6.48. The molecule has 2 aromatic rings. The van der Waals surface area contributed by atoms with E-state index in [1.807, 2.05) is 18.2 Å². The quantitative estimate of drug-likeness (QED) is 0.890. The van der Waals surface area contributed by atoms with Gasteiger partial charge in [0.15, 0.2) is 0 Å². The third kappa shape index (κ3) is 2.44. The molecule has 0 unspecified atom stereocenters. The maximum Gasteiger partial charge on any atom is 0.0705 e. The number of aliphatic hydroxyl groups is 1. The Balaban J connectivity index is 2.64. The first-order chi connectivity index (χ1) is 8.80. The SMILES string of the molecule is CCc1cc(-c2ccccc2)c(CO)c(CC)n1. The molecule has 1 aromatic heterocycles. The maximum absolute atomic E-state index is 9.62. The summed E-state index contributed by atoms with van der Waals surface area (Å²) in [6.07, 6.45) is 1.77. The van der Waals surface area contributed by atoms with Crippen LogP contribution in [0.2, 0.25) is 0 Å². The maximum atomic E-state index is 9.62. The Morgan fingerprint density at radius 1 is 1.06 bits per heavy atom. The average molecular weight is 241 g/mol. The van der Waals surface area contributed by atoms with Crippen LogP contribution in [0.3, 0.4) is 0 Å². The highest BCUT2D eigenvalue weighted by Gasteiger charge is 2.11. The Morgan fingerprint density at radius 2 is 1.78 bits per heavy atom. The fraction of sp³-hybridized carbons (Fsp3) is 0.312. The second-order valence-corrected chi connectivity index (χ2v) is 4.32. The number of benzene rings is 1. The molecule has 0 atom stereocenters. The highest BCUT2D eigenvalue weighted by Crippen LogP contribution is 2.27. The van der Waals surface area contributed by atoms with Crippen molar-refractivity contribution in [3.63, 3.8) is 0 Å². The molecule has 1 heterocycles. The average Bonchev–Trinajstić information content (AvgIpc) is 2.46. The van der Waals surface area contributed by atoms with Crippen LogP contribution in [0.25, 0.3) is 11.1 Å². The lowest BCUT2D eigenvalue weighted by Gasteiger charge is -2.13. The van der Waals surface area contributed by atoms with E-state index in [0.29, 0.717) is 0 Å². The molecule has 94 valence electrons. The zero-order valence-electron chi connectivity index (χ0n) is 11.0. The molecule has 2 nitrogen and oxygen atoms in total. The van der Waals surface area contributed by atoms with E-state index in [4.69, 9.17) is 0 Å². The third-order valence-corrected chi connectivity index (χ3v) is 3.20. The van der Waals surface area contributed by atoms with Crippen LogP contribution in [0.4, 0.5) is 0 Å². The molecule has 0 aliphatic carbocycles. The minimum Gasteiger partial charge on any atom is -0.392 e. The van der Waals surface area contributed by atoms with Crippen LogP contribution in [0.5, 0.6) is 0 Å². The molecule has 0 aliphatic rings. The molecule has 18 heavy (non-hydrogen) atoms. The third-order valence-electron chi connectivity index (χ3n) is 3.20. The Kier molecular flexibility index (Phi) is 4.11. The summed E-state index contributed by atoms with van der Waals surface area (Å²) in [4.78, 5) is 4.61. The standard InChI is InChI=1S/C16H19NO/c1-3-13-10-14(12-8-6-5-7-9-12)15(11-18)16(4-2)17-13/h5-10,18H,3-4,11H2,1-2H3. The smallest absolute Gasteiger partial charge is 0.0705 e. The van der Waals surface area contributed by atoms with Gasteiger partial charge < -0.3 is 5.11 Å². The minimum atomic E-state index is 0.0460. The first-order valence-electron chi connectivity index (χ1n) is 6.48. The van der Waals surface area contributed by atoms with Crippen molar-refractivity contribution in [2.45, 2.75) is 33.3 Å². The highest BCUT2D eigenvalue weighted by molar-refractivity contribution is 5.68. The van der Waals surface area contributed by atoms with E-state index in [-0.39, 0.29) is 6.61 Å². The summed E-state index contributed by atoms with van der Waals surface area (Å²) >= 11 is 0. The van der Waals surface area contributed by atoms with Crippen molar-refractivity contribution in [1.82, 2.24) is 4.98 Å². The van der Waals surface area contributed by atoms with Gasteiger partial charge in [0.25, 0.3) is 0 Å². The van der Waals surface area contributed by atoms with Crippen LogP contribution in [-0.2, 0) is 19.4 Å². The predicted octanol–water partition coefficient (Wildman–Crippen LogP) is 3.37. The van der Waals surface area contributed by atoms with Crippen molar-refractivity contribution in [3.8, 4) is 11.1 Å². The molecule has 0 fully saturated rings. The van der Waals surface area contributed by atoms with Gasteiger partial charge in [-0.2, -0.15) is 0 Å². The van der Waals surface area contributed by atoms with Crippen molar-refractivity contribution in [1.29, 1.82) is 0 Å². The summed E-state index contributed by atoms with van der Waals surface area (Å²) in [5, 5.41) is 9.62. The first kappa shape index (κ1) is 12.8. The summed E-state index contributed by atoms with van der Waals surface area (Å²) < 4.78 is 0. The summed E-state index contributed by atoms with van der Waals surface area (Å²) in [6, 6.07) is 12.3. The number of hydrogen-bond donors (Lipinski definition) is 1. The van der Waals surface area contributed by atoms with Crippen LogP contribution >= 0.6 is 0 Å². The summed E-state index contributed by atoms with van der Waals surface area (Å²) in [5.74, 6) is 0. The number of aliphatic hydroxyl groups excluding tert-OH is 1. The lowest BCUT2D eigenvalue weighted by Crippen LogP contribution is -2.03. The van der Waals surface area contributed by atoms with E-state index in [2.05, 4.69) is 37.0 Å². The molecule has 0 aliphatic heterocycles. The van der Waals surface area contributed by atoms with Gasteiger partial charge in [0.2, 0.25) is 0 Å². The molecule has 0 bridgehead atoms. The van der Waals surface area contributed by atoms with Gasteiger partial charge in [0.1, 0.15) is 0 Å². The van der Waals surface area contributed by atoms with E-state index in [0.717, 1.165) is 40.9 Å². The molecule has 0 amide bonds. The van der Waals surface area contributed by atoms with Gasteiger partial charge in [0.05, 0.1) is 6.61 Å². The fourth-order valence-electron chi connectivity index (χ4n) is 2.21. The number of rotatable bonds is 4. The molecular weight excluding hydrogens is 222 g/mol. The summed E-state index contributed by atoms with van der Waals surface area (Å²) in [6.45, 7) is 4.23.